The fourth-order valence-corrected chi connectivity index (χ4v) is 3.17. The molecule has 21 heavy (non-hydrogen) atoms. The summed E-state index contributed by atoms with van der Waals surface area (Å²) in [5, 5.41) is 11.6. The molecule has 0 aliphatic rings. The third-order valence-electron chi connectivity index (χ3n) is 3.29. The van der Waals surface area contributed by atoms with Crippen molar-refractivity contribution in [2.24, 2.45) is 7.05 Å². The van der Waals surface area contributed by atoms with Gasteiger partial charge in [0, 0.05) is 20.5 Å². The number of thioether (sulfide) groups is 1. The van der Waals surface area contributed by atoms with E-state index in [1.54, 1.807) is 7.05 Å². The summed E-state index contributed by atoms with van der Waals surface area (Å²) in [6.07, 6.45) is 1.49. The van der Waals surface area contributed by atoms with E-state index < -0.39 is 0 Å². The molecule has 1 N–H and O–H groups in total. The van der Waals surface area contributed by atoms with Crippen LogP contribution in [0.3, 0.4) is 0 Å². The largest absolute Gasteiger partial charge is 0.358 e. The third kappa shape index (κ3) is 3.85. The van der Waals surface area contributed by atoms with E-state index in [9.17, 15) is 4.79 Å². The van der Waals surface area contributed by atoms with Crippen molar-refractivity contribution in [2.75, 3.05) is 7.05 Å². The van der Waals surface area contributed by atoms with Crippen molar-refractivity contribution in [3.63, 3.8) is 0 Å². The molecule has 0 spiro atoms. The molecule has 1 atom stereocenters. The maximum atomic E-state index is 12.1. The van der Waals surface area contributed by atoms with Gasteiger partial charge in [-0.1, -0.05) is 49.0 Å². The molecule has 0 saturated heterocycles. The van der Waals surface area contributed by atoms with Crippen LogP contribution in [0.15, 0.2) is 35.5 Å². The molecule has 1 heterocycles. The van der Waals surface area contributed by atoms with E-state index in [2.05, 4.69) is 15.5 Å². The number of aromatic nitrogens is 3. The first-order chi connectivity index (χ1) is 10.2. The molecule has 6 heteroatoms. The minimum Gasteiger partial charge on any atom is -0.358 e. The van der Waals surface area contributed by atoms with Crippen LogP contribution in [0.25, 0.3) is 0 Å². The number of hydrogen-bond acceptors (Lipinski definition) is 4. The van der Waals surface area contributed by atoms with Crippen LogP contribution in [-0.4, -0.2) is 33.0 Å². The van der Waals surface area contributed by atoms with Crippen molar-refractivity contribution >= 4 is 17.7 Å². The van der Waals surface area contributed by atoms with Crippen LogP contribution < -0.4 is 5.32 Å². The molecule has 2 aromatic rings. The standard InChI is InChI=1S/C15H20N4OS/c1-4-13-17-18-15(19(13)3)21-12(14(20)16-2)10-11-8-6-5-7-9-11/h5-9,12H,4,10H2,1-3H3,(H,16,20)/t12-/m1/s1. The second kappa shape index (κ2) is 7.26. The first kappa shape index (κ1) is 15.6. The zero-order chi connectivity index (χ0) is 15.2. The molecule has 0 aliphatic heterocycles. The van der Waals surface area contributed by atoms with Gasteiger partial charge in [-0.3, -0.25) is 4.79 Å². The minimum atomic E-state index is -0.218. The highest BCUT2D eigenvalue weighted by Crippen LogP contribution is 2.24. The number of carbonyl (C=O) groups is 1. The first-order valence-corrected chi connectivity index (χ1v) is 7.84. The second-order valence-electron chi connectivity index (χ2n) is 4.72. The summed E-state index contributed by atoms with van der Waals surface area (Å²) in [6.45, 7) is 2.04. The quantitative estimate of drug-likeness (QED) is 0.827. The van der Waals surface area contributed by atoms with Crippen molar-refractivity contribution < 1.29 is 4.79 Å². The molecule has 1 aromatic carbocycles. The fourth-order valence-electron chi connectivity index (χ4n) is 2.06. The summed E-state index contributed by atoms with van der Waals surface area (Å²) < 4.78 is 1.95. The maximum absolute atomic E-state index is 12.1. The molecule has 0 unspecified atom stereocenters. The van der Waals surface area contributed by atoms with Crippen molar-refractivity contribution in [1.29, 1.82) is 0 Å². The van der Waals surface area contributed by atoms with Crippen molar-refractivity contribution in [3.8, 4) is 0 Å². The smallest absolute Gasteiger partial charge is 0.233 e. The number of rotatable bonds is 6. The molecule has 0 aliphatic carbocycles. The summed E-state index contributed by atoms with van der Waals surface area (Å²) >= 11 is 1.46. The molecular formula is C15H20N4OS. The average Bonchev–Trinajstić information content (AvgIpc) is 2.87. The Bertz CT molecular complexity index is 597. The number of benzene rings is 1. The SMILES string of the molecule is CCc1nnc(S[C@H](Cc2ccccc2)C(=O)NC)n1C. The van der Waals surface area contributed by atoms with E-state index in [1.165, 1.54) is 11.8 Å². The van der Waals surface area contributed by atoms with Crippen LogP contribution in [0.2, 0.25) is 0 Å². The molecule has 1 aromatic heterocycles. The zero-order valence-corrected chi connectivity index (χ0v) is 13.4. The van der Waals surface area contributed by atoms with Crippen molar-refractivity contribution in [3.05, 3.63) is 41.7 Å². The Morgan fingerprint density at radius 3 is 2.62 bits per heavy atom. The summed E-state index contributed by atoms with van der Waals surface area (Å²) in [5.41, 5.74) is 1.14. The molecular weight excluding hydrogens is 284 g/mol. The number of nitrogens with zero attached hydrogens (tertiary/aromatic N) is 3. The van der Waals surface area contributed by atoms with Gasteiger partial charge in [0.1, 0.15) is 5.82 Å². The Kier molecular flexibility index (Phi) is 5.38. The van der Waals surface area contributed by atoms with Gasteiger partial charge in [-0.2, -0.15) is 0 Å². The van der Waals surface area contributed by atoms with Crippen molar-refractivity contribution in [2.45, 2.75) is 30.2 Å². The van der Waals surface area contributed by atoms with E-state index in [0.29, 0.717) is 6.42 Å². The maximum Gasteiger partial charge on any atom is 0.233 e. The van der Waals surface area contributed by atoms with E-state index in [0.717, 1.165) is 23.0 Å². The predicted octanol–water partition coefficient (Wildman–Crippen LogP) is 1.83. The highest BCUT2D eigenvalue weighted by Gasteiger charge is 2.22. The Morgan fingerprint density at radius 2 is 2.05 bits per heavy atom. The van der Waals surface area contributed by atoms with E-state index in [4.69, 9.17) is 0 Å². The van der Waals surface area contributed by atoms with Crippen LogP contribution in [0, 0.1) is 0 Å². The summed E-state index contributed by atoms with van der Waals surface area (Å²) in [6, 6.07) is 10.0. The Hall–Kier alpha value is -1.82. The number of amides is 1. The van der Waals surface area contributed by atoms with E-state index >= 15 is 0 Å². The highest BCUT2D eigenvalue weighted by atomic mass is 32.2. The molecule has 2 rings (SSSR count). The predicted molar refractivity (Wildman–Crippen MR) is 84.2 cm³/mol. The average molecular weight is 304 g/mol. The molecule has 0 saturated carbocycles. The number of aryl methyl sites for hydroxylation is 1. The molecule has 112 valence electrons. The van der Waals surface area contributed by atoms with Crippen LogP contribution in [0.5, 0.6) is 0 Å². The van der Waals surface area contributed by atoms with Gasteiger partial charge < -0.3 is 9.88 Å². The fraction of sp³-hybridized carbons (Fsp3) is 0.400. The Morgan fingerprint density at radius 1 is 1.33 bits per heavy atom. The molecule has 0 radical (unpaired) electrons. The lowest BCUT2D eigenvalue weighted by Crippen LogP contribution is -2.31. The minimum absolute atomic E-state index is 0.00454. The van der Waals surface area contributed by atoms with Crippen LogP contribution >= 0.6 is 11.8 Å². The van der Waals surface area contributed by atoms with Gasteiger partial charge in [0.25, 0.3) is 0 Å². The Labute approximate surface area is 129 Å². The van der Waals surface area contributed by atoms with E-state index in [-0.39, 0.29) is 11.2 Å². The number of carbonyl (C=O) groups excluding carboxylic acids is 1. The van der Waals surface area contributed by atoms with Crippen LogP contribution in [0.1, 0.15) is 18.3 Å². The summed E-state index contributed by atoms with van der Waals surface area (Å²) in [5.74, 6) is 0.928. The topological polar surface area (TPSA) is 59.8 Å². The molecule has 0 fully saturated rings. The lowest BCUT2D eigenvalue weighted by atomic mass is 10.1. The van der Waals surface area contributed by atoms with E-state index in [1.807, 2.05) is 48.9 Å². The normalized spacial score (nSPS) is 12.1. The molecule has 1 amide bonds. The van der Waals surface area contributed by atoms with Crippen LogP contribution in [-0.2, 0) is 24.7 Å². The lowest BCUT2D eigenvalue weighted by molar-refractivity contribution is -0.120. The van der Waals surface area contributed by atoms with Gasteiger partial charge in [-0.15, -0.1) is 10.2 Å². The van der Waals surface area contributed by atoms with Gasteiger partial charge in [-0.05, 0) is 12.0 Å². The first-order valence-electron chi connectivity index (χ1n) is 6.96. The second-order valence-corrected chi connectivity index (χ2v) is 5.89. The van der Waals surface area contributed by atoms with Gasteiger partial charge in [0.15, 0.2) is 5.16 Å². The molecule has 5 nitrogen and oxygen atoms in total. The molecule has 0 bridgehead atoms. The lowest BCUT2D eigenvalue weighted by Gasteiger charge is -2.14. The zero-order valence-electron chi connectivity index (χ0n) is 12.5. The van der Waals surface area contributed by atoms with Crippen LogP contribution in [0.4, 0.5) is 0 Å². The van der Waals surface area contributed by atoms with Gasteiger partial charge in [0.2, 0.25) is 5.91 Å². The summed E-state index contributed by atoms with van der Waals surface area (Å²) in [7, 11) is 3.60. The third-order valence-corrected chi connectivity index (χ3v) is 4.52. The monoisotopic (exact) mass is 304 g/mol. The summed E-state index contributed by atoms with van der Waals surface area (Å²) in [4.78, 5) is 12.1. The Balaban J connectivity index is 2.16. The van der Waals surface area contributed by atoms with Gasteiger partial charge in [-0.25, -0.2) is 0 Å². The van der Waals surface area contributed by atoms with Gasteiger partial charge in [0.05, 0.1) is 5.25 Å². The van der Waals surface area contributed by atoms with Gasteiger partial charge >= 0.3 is 0 Å². The highest BCUT2D eigenvalue weighted by molar-refractivity contribution is 8.00. The van der Waals surface area contributed by atoms with Crippen molar-refractivity contribution in [1.82, 2.24) is 20.1 Å². The number of hydrogen-bond donors (Lipinski definition) is 1. The number of nitrogens with one attached hydrogen (secondary N) is 1.